The molecule has 0 aromatic heterocycles. The lowest BCUT2D eigenvalue weighted by atomic mass is 10.0. The minimum absolute atomic E-state index is 0.148. The summed E-state index contributed by atoms with van der Waals surface area (Å²) in [5.74, 6) is -2.39. The molecule has 3 atom stereocenters. The molecule has 0 aliphatic heterocycles. The van der Waals surface area contributed by atoms with Crippen LogP contribution < -0.4 is 5.73 Å². The molecule has 1 unspecified atom stereocenters. The van der Waals surface area contributed by atoms with Gasteiger partial charge in [-0.15, -0.1) is 0 Å². The second kappa shape index (κ2) is 40.5. The fourth-order valence-electron chi connectivity index (χ4n) is 6.06. The number of carboxylic acid groups (broad SMARTS) is 1. The van der Waals surface area contributed by atoms with E-state index in [9.17, 15) is 23.8 Å². The third-order valence-corrected chi connectivity index (χ3v) is 10.6. The van der Waals surface area contributed by atoms with Crippen LogP contribution in [-0.4, -0.2) is 59.9 Å². The molecule has 0 spiro atoms. The Morgan fingerprint density at radius 3 is 1.44 bits per heavy atom. The van der Waals surface area contributed by atoms with Gasteiger partial charge in [-0.3, -0.25) is 23.4 Å². The van der Waals surface area contributed by atoms with Crippen LogP contribution in [-0.2, 0) is 37.5 Å². The molecule has 0 aromatic carbocycles. The molecule has 0 heterocycles. The molecule has 0 saturated carbocycles. The summed E-state index contributed by atoms with van der Waals surface area (Å²) in [4.78, 5) is 46.0. The second-order valence-corrected chi connectivity index (χ2v) is 16.6. The fraction of sp³-hybridized carbons (Fsp3) is 0.800. The van der Waals surface area contributed by atoms with Crippen molar-refractivity contribution in [3.63, 3.8) is 0 Å². The number of ether oxygens (including phenoxy) is 2. The number of carboxylic acids is 1. The van der Waals surface area contributed by atoms with Crippen molar-refractivity contribution in [3.8, 4) is 0 Å². The van der Waals surface area contributed by atoms with Gasteiger partial charge >= 0.3 is 25.7 Å². The topological polar surface area (TPSA) is 172 Å². The molecule has 0 aromatic rings. The van der Waals surface area contributed by atoms with E-state index < -0.39 is 51.1 Å². The Kier molecular flexibility index (Phi) is 38.8. The van der Waals surface area contributed by atoms with Crippen molar-refractivity contribution in [1.29, 1.82) is 0 Å². The van der Waals surface area contributed by atoms with E-state index in [1.54, 1.807) is 0 Å². The molecule has 4 N–H and O–H groups in total. The zero-order valence-corrected chi connectivity index (χ0v) is 36.8. The molecule has 0 amide bonds. The smallest absolute Gasteiger partial charge is 0.472 e. The highest BCUT2D eigenvalue weighted by atomic mass is 31.2. The Labute approximate surface area is 346 Å². The van der Waals surface area contributed by atoms with Gasteiger partial charge in [-0.1, -0.05) is 179 Å². The van der Waals surface area contributed by atoms with Crippen molar-refractivity contribution in [3.05, 3.63) is 36.5 Å². The predicted molar refractivity (Wildman–Crippen MR) is 231 cm³/mol. The number of carbonyl (C=O) groups is 3. The van der Waals surface area contributed by atoms with E-state index in [0.717, 1.165) is 70.6 Å². The van der Waals surface area contributed by atoms with Crippen molar-refractivity contribution in [2.24, 2.45) is 5.73 Å². The van der Waals surface area contributed by atoms with Gasteiger partial charge in [-0.25, -0.2) is 4.57 Å². The van der Waals surface area contributed by atoms with Crippen LogP contribution in [0.25, 0.3) is 0 Å². The summed E-state index contributed by atoms with van der Waals surface area (Å²) < 4.78 is 32.7. The van der Waals surface area contributed by atoms with Gasteiger partial charge < -0.3 is 25.2 Å². The summed E-state index contributed by atoms with van der Waals surface area (Å²) in [6, 6.07) is -1.52. The van der Waals surface area contributed by atoms with Crippen LogP contribution in [0.1, 0.15) is 200 Å². The number of phosphoric ester groups is 1. The number of allylic oxidation sites excluding steroid dienone is 6. The minimum atomic E-state index is -4.72. The summed E-state index contributed by atoms with van der Waals surface area (Å²) in [5, 5.41) is 8.89. The number of phosphoric acid groups is 1. The van der Waals surface area contributed by atoms with Gasteiger partial charge in [0, 0.05) is 12.8 Å². The highest BCUT2D eigenvalue weighted by Gasteiger charge is 2.28. The zero-order chi connectivity index (χ0) is 42.1. The lowest BCUT2D eigenvalue weighted by Gasteiger charge is -2.20. The van der Waals surface area contributed by atoms with Crippen LogP contribution in [0.4, 0.5) is 0 Å². The van der Waals surface area contributed by atoms with E-state index in [1.165, 1.54) is 89.9 Å². The number of carbonyl (C=O) groups excluding carboxylic acids is 2. The lowest BCUT2D eigenvalue weighted by Crippen LogP contribution is -2.34. The van der Waals surface area contributed by atoms with E-state index in [4.69, 9.17) is 24.8 Å². The molecule has 0 radical (unpaired) electrons. The molecule has 0 rings (SSSR count). The molecule has 0 aliphatic rings. The first-order valence-corrected chi connectivity index (χ1v) is 24.0. The van der Waals surface area contributed by atoms with Crippen LogP contribution in [0.15, 0.2) is 36.5 Å². The molecule has 332 valence electrons. The molecular formula is C45H82NO10P. The van der Waals surface area contributed by atoms with Crippen molar-refractivity contribution in [2.45, 2.75) is 212 Å². The number of hydrogen-bond donors (Lipinski definition) is 3. The van der Waals surface area contributed by atoms with Crippen molar-refractivity contribution in [1.82, 2.24) is 0 Å². The maximum Gasteiger partial charge on any atom is 0.472 e. The normalized spacial score (nSPS) is 14.0. The van der Waals surface area contributed by atoms with E-state index in [1.807, 2.05) is 0 Å². The summed E-state index contributed by atoms with van der Waals surface area (Å²) in [6.45, 7) is 2.76. The van der Waals surface area contributed by atoms with Crippen LogP contribution in [0.5, 0.6) is 0 Å². The minimum Gasteiger partial charge on any atom is -0.480 e. The van der Waals surface area contributed by atoms with E-state index in [2.05, 4.69) is 54.8 Å². The first kappa shape index (κ1) is 54.7. The fourth-order valence-corrected chi connectivity index (χ4v) is 6.84. The largest absolute Gasteiger partial charge is 0.480 e. The standard InChI is InChI=1S/C45H82NO10P/c1-3-5-7-9-11-13-15-17-19-20-21-23-25-27-29-31-33-35-37-44(48)56-41(39-54-57(51,52)55-40-42(46)45(49)50)38-53-43(47)36-34-32-30-28-26-24-22-18-16-14-12-10-8-6-4-2/h9,11,15,17,20-21,41-42H,3-8,10,12-14,16,18-19,22-40,46H2,1-2H3,(H,49,50)(H,51,52)/b11-9-,17-15-,21-20-/t41-,42+/m1/s1. The number of hydrogen-bond acceptors (Lipinski definition) is 9. The van der Waals surface area contributed by atoms with Crippen LogP contribution >= 0.6 is 7.82 Å². The Morgan fingerprint density at radius 2 is 0.947 bits per heavy atom. The number of aliphatic carboxylic acids is 1. The monoisotopic (exact) mass is 828 g/mol. The first-order valence-electron chi connectivity index (χ1n) is 22.5. The lowest BCUT2D eigenvalue weighted by molar-refractivity contribution is -0.161. The van der Waals surface area contributed by atoms with E-state index in [0.29, 0.717) is 12.8 Å². The highest BCUT2D eigenvalue weighted by Crippen LogP contribution is 2.43. The molecular weight excluding hydrogens is 745 g/mol. The predicted octanol–water partition coefficient (Wildman–Crippen LogP) is 12.0. The van der Waals surface area contributed by atoms with Crippen molar-refractivity contribution >= 4 is 25.7 Å². The number of rotatable bonds is 42. The van der Waals surface area contributed by atoms with Gasteiger partial charge in [0.05, 0.1) is 13.2 Å². The van der Waals surface area contributed by atoms with Crippen molar-refractivity contribution in [2.75, 3.05) is 19.8 Å². The SMILES string of the molecule is CCCC/C=C\C/C=C\C/C=C\CCCCCCCCC(=O)O[C@H](COC(=O)CCCCCCCCCCCCCCCCC)COP(=O)(O)OC[C@H](N)C(=O)O. The number of unbranched alkanes of at least 4 members (excludes halogenated alkanes) is 22. The molecule has 0 aliphatic carbocycles. The van der Waals surface area contributed by atoms with Gasteiger partial charge in [-0.05, 0) is 44.9 Å². The first-order chi connectivity index (χ1) is 27.6. The maximum atomic E-state index is 12.6. The maximum absolute atomic E-state index is 12.6. The van der Waals surface area contributed by atoms with Crippen LogP contribution in [0.2, 0.25) is 0 Å². The van der Waals surface area contributed by atoms with Crippen molar-refractivity contribution < 1.29 is 47.5 Å². The molecule has 0 fully saturated rings. The molecule has 11 nitrogen and oxygen atoms in total. The van der Waals surface area contributed by atoms with Gasteiger partial charge in [0.25, 0.3) is 0 Å². The van der Waals surface area contributed by atoms with Gasteiger partial charge in [0.2, 0.25) is 0 Å². The highest BCUT2D eigenvalue weighted by molar-refractivity contribution is 7.47. The molecule has 0 bridgehead atoms. The van der Waals surface area contributed by atoms with E-state index >= 15 is 0 Å². The van der Waals surface area contributed by atoms with E-state index in [-0.39, 0.29) is 19.4 Å². The Hall–Kier alpha value is -2.30. The van der Waals surface area contributed by atoms with Gasteiger partial charge in [0.1, 0.15) is 12.6 Å². The molecule has 57 heavy (non-hydrogen) atoms. The summed E-state index contributed by atoms with van der Waals surface area (Å²) in [6.07, 6.45) is 43.4. The average molecular weight is 828 g/mol. The number of nitrogens with two attached hydrogens (primary N) is 1. The quantitative estimate of drug-likeness (QED) is 0.0231. The third kappa shape index (κ3) is 40.3. The molecule has 12 heteroatoms. The summed E-state index contributed by atoms with van der Waals surface area (Å²) in [7, 11) is -4.72. The number of esters is 2. The summed E-state index contributed by atoms with van der Waals surface area (Å²) >= 11 is 0. The van der Waals surface area contributed by atoms with Gasteiger partial charge in [0.15, 0.2) is 6.10 Å². The Balaban J connectivity index is 4.36. The van der Waals surface area contributed by atoms with Gasteiger partial charge in [-0.2, -0.15) is 0 Å². The van der Waals surface area contributed by atoms with Crippen LogP contribution in [0.3, 0.4) is 0 Å². The Morgan fingerprint density at radius 1 is 0.544 bits per heavy atom. The summed E-state index contributed by atoms with van der Waals surface area (Å²) in [5.41, 5.74) is 5.34. The molecule has 0 saturated heterocycles. The second-order valence-electron chi connectivity index (χ2n) is 15.2. The zero-order valence-electron chi connectivity index (χ0n) is 35.9. The Bertz CT molecular complexity index is 1110. The third-order valence-electron chi connectivity index (χ3n) is 9.64. The van der Waals surface area contributed by atoms with Crippen LogP contribution in [0, 0.1) is 0 Å². The average Bonchev–Trinajstić information content (AvgIpc) is 3.19.